The van der Waals surface area contributed by atoms with Crippen molar-refractivity contribution in [3.8, 4) is 0 Å². The Morgan fingerprint density at radius 3 is 2.62 bits per heavy atom. The molecule has 1 aliphatic heterocycles. The van der Waals surface area contributed by atoms with E-state index in [1.54, 1.807) is 19.6 Å². The number of imidazole rings is 1. The molecule has 1 saturated heterocycles. The second kappa shape index (κ2) is 5.55. The summed E-state index contributed by atoms with van der Waals surface area (Å²) in [7, 11) is 0. The van der Waals surface area contributed by atoms with Crippen LogP contribution in [0.1, 0.15) is 33.6 Å². The summed E-state index contributed by atoms with van der Waals surface area (Å²) in [6, 6.07) is 0.479. The van der Waals surface area contributed by atoms with Gasteiger partial charge in [0, 0.05) is 18.0 Å². The number of nitrogens with zero attached hydrogens (tertiary/aromatic N) is 5. The molecule has 128 valence electrons. The SMILES string of the molecule is CC(C)C1N(c2ncnc3c2ncn3C[C@@H](C)O)CC12CC=CC2. The van der Waals surface area contributed by atoms with Crippen molar-refractivity contribution in [1.29, 1.82) is 0 Å². The summed E-state index contributed by atoms with van der Waals surface area (Å²) in [6.07, 6.45) is 9.91. The topological polar surface area (TPSA) is 67.1 Å². The molecule has 1 unspecified atom stereocenters. The molecule has 4 rings (SSSR count). The summed E-state index contributed by atoms with van der Waals surface area (Å²) in [6.45, 7) is 7.88. The predicted octanol–water partition coefficient (Wildman–Crippen LogP) is 2.39. The van der Waals surface area contributed by atoms with E-state index in [0.29, 0.717) is 23.9 Å². The van der Waals surface area contributed by atoms with Crippen molar-refractivity contribution in [2.75, 3.05) is 11.4 Å². The minimum atomic E-state index is -0.430. The van der Waals surface area contributed by atoms with Gasteiger partial charge in [-0.25, -0.2) is 15.0 Å². The zero-order valence-corrected chi connectivity index (χ0v) is 14.6. The van der Waals surface area contributed by atoms with Gasteiger partial charge in [0.2, 0.25) is 0 Å². The maximum Gasteiger partial charge on any atom is 0.165 e. The molecule has 0 radical (unpaired) electrons. The predicted molar refractivity (Wildman–Crippen MR) is 93.8 cm³/mol. The van der Waals surface area contributed by atoms with Crippen LogP contribution in [-0.2, 0) is 6.54 Å². The molecule has 1 fully saturated rings. The molecule has 2 aromatic rings. The third-order valence-electron chi connectivity index (χ3n) is 5.41. The van der Waals surface area contributed by atoms with Crippen molar-refractivity contribution in [1.82, 2.24) is 19.5 Å². The minimum Gasteiger partial charge on any atom is -0.392 e. The third-order valence-corrected chi connectivity index (χ3v) is 5.41. The normalized spacial score (nSPS) is 23.4. The first-order chi connectivity index (χ1) is 11.5. The second-order valence-corrected chi connectivity index (χ2v) is 7.67. The fourth-order valence-corrected chi connectivity index (χ4v) is 4.61. The first-order valence-electron chi connectivity index (χ1n) is 8.77. The van der Waals surface area contributed by atoms with E-state index in [1.807, 2.05) is 4.57 Å². The van der Waals surface area contributed by atoms with Crippen molar-refractivity contribution in [2.45, 2.75) is 52.3 Å². The maximum absolute atomic E-state index is 9.66. The number of allylic oxidation sites excluding steroid dienone is 2. The fourth-order valence-electron chi connectivity index (χ4n) is 4.61. The van der Waals surface area contributed by atoms with Crippen molar-refractivity contribution >= 4 is 17.0 Å². The second-order valence-electron chi connectivity index (χ2n) is 7.67. The summed E-state index contributed by atoms with van der Waals surface area (Å²) < 4.78 is 1.90. The van der Waals surface area contributed by atoms with E-state index < -0.39 is 6.10 Å². The highest BCUT2D eigenvalue weighted by Crippen LogP contribution is 2.52. The van der Waals surface area contributed by atoms with Gasteiger partial charge in [-0.05, 0) is 25.7 Å². The number of hydrogen-bond acceptors (Lipinski definition) is 5. The van der Waals surface area contributed by atoms with Gasteiger partial charge in [0.1, 0.15) is 6.33 Å². The minimum absolute atomic E-state index is 0.369. The van der Waals surface area contributed by atoms with E-state index in [0.717, 1.165) is 36.4 Å². The Bertz CT molecular complexity index is 771. The van der Waals surface area contributed by atoms with Crippen LogP contribution in [0, 0.1) is 11.3 Å². The number of aliphatic hydroxyl groups is 1. The van der Waals surface area contributed by atoms with Crippen LogP contribution in [0.15, 0.2) is 24.8 Å². The van der Waals surface area contributed by atoms with Crippen molar-refractivity contribution in [3.05, 3.63) is 24.8 Å². The molecule has 2 aromatic heterocycles. The highest BCUT2D eigenvalue weighted by Gasteiger charge is 2.54. The Hall–Kier alpha value is -1.95. The van der Waals surface area contributed by atoms with E-state index in [-0.39, 0.29) is 0 Å². The van der Waals surface area contributed by atoms with Crippen LogP contribution >= 0.6 is 0 Å². The van der Waals surface area contributed by atoms with Crippen LogP contribution in [0.2, 0.25) is 0 Å². The van der Waals surface area contributed by atoms with Crippen LogP contribution in [0.4, 0.5) is 5.82 Å². The average molecular weight is 327 g/mol. The number of anilines is 1. The summed E-state index contributed by atoms with van der Waals surface area (Å²) in [5.74, 6) is 1.49. The summed E-state index contributed by atoms with van der Waals surface area (Å²) in [5.41, 5.74) is 2.01. The van der Waals surface area contributed by atoms with Crippen molar-refractivity contribution in [2.24, 2.45) is 11.3 Å². The largest absolute Gasteiger partial charge is 0.392 e. The Balaban J connectivity index is 1.71. The molecule has 2 aliphatic rings. The Labute approximate surface area is 142 Å². The lowest BCUT2D eigenvalue weighted by Gasteiger charge is -2.58. The zero-order valence-electron chi connectivity index (χ0n) is 14.6. The molecule has 24 heavy (non-hydrogen) atoms. The van der Waals surface area contributed by atoms with Crippen LogP contribution in [0.3, 0.4) is 0 Å². The van der Waals surface area contributed by atoms with Crippen LogP contribution < -0.4 is 4.90 Å². The summed E-state index contributed by atoms with van der Waals surface area (Å²) in [4.78, 5) is 15.9. The molecule has 6 nitrogen and oxygen atoms in total. The highest BCUT2D eigenvalue weighted by atomic mass is 16.3. The molecular weight excluding hydrogens is 302 g/mol. The van der Waals surface area contributed by atoms with Crippen LogP contribution in [-0.4, -0.2) is 43.3 Å². The van der Waals surface area contributed by atoms with Gasteiger partial charge in [0.25, 0.3) is 0 Å². The number of fused-ring (bicyclic) bond motifs is 1. The van der Waals surface area contributed by atoms with Gasteiger partial charge in [-0.3, -0.25) is 0 Å². The van der Waals surface area contributed by atoms with Crippen LogP contribution in [0.25, 0.3) is 11.2 Å². The first kappa shape index (κ1) is 15.6. The fraction of sp³-hybridized carbons (Fsp3) is 0.611. The molecule has 0 aromatic carbocycles. The lowest BCUT2D eigenvalue weighted by atomic mass is 9.65. The number of rotatable bonds is 4. The standard InChI is InChI=1S/C18H25N5O/c1-12(2)15-18(6-4-5-7-18)9-23(15)17-14-16(19-10-20-17)22(11-21-14)8-13(3)24/h4-5,10-13,15,24H,6-9H2,1-3H3/t13-,15?/m1/s1. The van der Waals surface area contributed by atoms with Crippen molar-refractivity contribution in [3.63, 3.8) is 0 Å². The quantitative estimate of drug-likeness (QED) is 0.873. The van der Waals surface area contributed by atoms with Gasteiger partial charge in [0.05, 0.1) is 19.0 Å². The molecule has 6 heteroatoms. The zero-order chi connectivity index (χ0) is 16.9. The maximum atomic E-state index is 9.66. The summed E-state index contributed by atoms with van der Waals surface area (Å²) >= 11 is 0. The molecule has 3 heterocycles. The molecule has 1 spiro atoms. The molecule has 1 aliphatic carbocycles. The lowest BCUT2D eigenvalue weighted by molar-refractivity contribution is 0.105. The Kier molecular flexibility index (Phi) is 3.60. The Morgan fingerprint density at radius 2 is 1.96 bits per heavy atom. The number of aromatic nitrogens is 4. The van der Waals surface area contributed by atoms with E-state index >= 15 is 0 Å². The molecule has 0 saturated carbocycles. The van der Waals surface area contributed by atoms with Crippen molar-refractivity contribution < 1.29 is 5.11 Å². The van der Waals surface area contributed by atoms with Gasteiger partial charge >= 0.3 is 0 Å². The smallest absolute Gasteiger partial charge is 0.165 e. The monoisotopic (exact) mass is 327 g/mol. The van der Waals surface area contributed by atoms with Gasteiger partial charge in [-0.1, -0.05) is 26.0 Å². The average Bonchev–Trinajstić information content (AvgIpc) is 3.12. The van der Waals surface area contributed by atoms with Gasteiger partial charge in [-0.15, -0.1) is 0 Å². The molecular formula is C18H25N5O. The van der Waals surface area contributed by atoms with Gasteiger partial charge in [-0.2, -0.15) is 0 Å². The van der Waals surface area contributed by atoms with E-state index in [1.165, 1.54) is 0 Å². The molecule has 0 bridgehead atoms. The van der Waals surface area contributed by atoms with Crippen LogP contribution in [0.5, 0.6) is 0 Å². The van der Waals surface area contributed by atoms with E-state index in [4.69, 9.17) is 0 Å². The number of aliphatic hydroxyl groups excluding tert-OH is 1. The third kappa shape index (κ3) is 2.24. The lowest BCUT2D eigenvalue weighted by Crippen LogP contribution is -2.66. The van der Waals surface area contributed by atoms with Gasteiger partial charge in [0.15, 0.2) is 17.0 Å². The highest BCUT2D eigenvalue weighted by molar-refractivity contribution is 5.84. The van der Waals surface area contributed by atoms with E-state index in [9.17, 15) is 5.11 Å². The molecule has 1 N–H and O–H groups in total. The van der Waals surface area contributed by atoms with Gasteiger partial charge < -0.3 is 14.6 Å². The Morgan fingerprint density at radius 1 is 1.21 bits per heavy atom. The number of hydrogen-bond donors (Lipinski definition) is 1. The summed E-state index contributed by atoms with van der Waals surface area (Å²) in [5, 5.41) is 9.66. The first-order valence-corrected chi connectivity index (χ1v) is 8.77. The molecule has 0 amide bonds. The van der Waals surface area contributed by atoms with E-state index in [2.05, 4.69) is 45.9 Å². The molecule has 2 atom stereocenters.